The van der Waals surface area contributed by atoms with E-state index in [9.17, 15) is 4.79 Å². The number of hydrogen-bond donors (Lipinski definition) is 1. The Hall–Kier alpha value is -1.59. The van der Waals surface area contributed by atoms with Crippen LogP contribution in [-0.2, 0) is 14.3 Å². The van der Waals surface area contributed by atoms with Gasteiger partial charge in [0.05, 0.1) is 13.0 Å². The van der Waals surface area contributed by atoms with Crippen LogP contribution in [0, 0.1) is 6.92 Å². The second kappa shape index (κ2) is 10.2. The summed E-state index contributed by atoms with van der Waals surface area (Å²) in [6.45, 7) is 5.14. The third kappa shape index (κ3) is 7.68. The predicted molar refractivity (Wildman–Crippen MR) is 83.0 cm³/mol. The first-order chi connectivity index (χ1) is 10.1. The van der Waals surface area contributed by atoms with Gasteiger partial charge in [-0.05, 0) is 25.5 Å². The predicted octanol–water partition coefficient (Wildman–Crippen LogP) is 2.33. The SMILES string of the molecule is COCCCOCCN(CCC(=O)O)c1ccc(C)cc1. The van der Waals surface area contributed by atoms with Gasteiger partial charge in [-0.15, -0.1) is 0 Å². The molecule has 0 bridgehead atoms. The highest BCUT2D eigenvalue weighted by Gasteiger charge is 2.08. The molecule has 0 amide bonds. The summed E-state index contributed by atoms with van der Waals surface area (Å²) in [5.41, 5.74) is 2.22. The van der Waals surface area contributed by atoms with Crippen molar-refractivity contribution in [2.45, 2.75) is 19.8 Å². The van der Waals surface area contributed by atoms with Gasteiger partial charge in [-0.2, -0.15) is 0 Å². The Labute approximate surface area is 126 Å². The van der Waals surface area contributed by atoms with Crippen molar-refractivity contribution in [3.05, 3.63) is 29.8 Å². The van der Waals surface area contributed by atoms with Crippen molar-refractivity contribution < 1.29 is 19.4 Å². The number of methoxy groups -OCH3 is 1. The summed E-state index contributed by atoms with van der Waals surface area (Å²) in [4.78, 5) is 12.8. The van der Waals surface area contributed by atoms with E-state index in [1.54, 1.807) is 7.11 Å². The number of nitrogens with zero attached hydrogens (tertiary/aromatic N) is 1. The van der Waals surface area contributed by atoms with Crippen molar-refractivity contribution in [2.75, 3.05) is 44.9 Å². The molecule has 0 radical (unpaired) electrons. The normalized spacial score (nSPS) is 10.6. The van der Waals surface area contributed by atoms with Crippen molar-refractivity contribution in [3.8, 4) is 0 Å². The smallest absolute Gasteiger partial charge is 0.305 e. The van der Waals surface area contributed by atoms with Crippen LogP contribution in [0.2, 0.25) is 0 Å². The molecule has 0 unspecified atom stereocenters. The summed E-state index contributed by atoms with van der Waals surface area (Å²) >= 11 is 0. The molecule has 5 nitrogen and oxygen atoms in total. The molecule has 1 N–H and O–H groups in total. The molecule has 5 heteroatoms. The first kappa shape index (κ1) is 17.5. The van der Waals surface area contributed by atoms with Gasteiger partial charge in [-0.3, -0.25) is 4.79 Å². The fraction of sp³-hybridized carbons (Fsp3) is 0.562. The van der Waals surface area contributed by atoms with E-state index >= 15 is 0 Å². The van der Waals surface area contributed by atoms with E-state index in [-0.39, 0.29) is 6.42 Å². The Morgan fingerprint density at radius 2 is 1.86 bits per heavy atom. The molecule has 1 rings (SSSR count). The van der Waals surface area contributed by atoms with E-state index in [0.29, 0.717) is 32.9 Å². The molecule has 1 aromatic rings. The van der Waals surface area contributed by atoms with Crippen molar-refractivity contribution in [1.82, 2.24) is 0 Å². The lowest BCUT2D eigenvalue weighted by atomic mass is 10.2. The minimum Gasteiger partial charge on any atom is -0.481 e. The van der Waals surface area contributed by atoms with Gasteiger partial charge >= 0.3 is 5.97 Å². The molecule has 21 heavy (non-hydrogen) atoms. The number of aryl methyl sites for hydroxylation is 1. The maximum Gasteiger partial charge on any atom is 0.305 e. The maximum atomic E-state index is 10.8. The monoisotopic (exact) mass is 295 g/mol. The van der Waals surface area contributed by atoms with Crippen LogP contribution >= 0.6 is 0 Å². The molecule has 0 saturated carbocycles. The van der Waals surface area contributed by atoms with Gasteiger partial charge in [-0.1, -0.05) is 17.7 Å². The molecule has 1 aromatic carbocycles. The zero-order valence-corrected chi connectivity index (χ0v) is 12.9. The highest BCUT2D eigenvalue weighted by atomic mass is 16.5. The third-order valence-electron chi connectivity index (χ3n) is 3.14. The minimum atomic E-state index is -0.784. The lowest BCUT2D eigenvalue weighted by Crippen LogP contribution is -2.30. The molecule has 0 aliphatic rings. The van der Waals surface area contributed by atoms with E-state index in [0.717, 1.165) is 12.1 Å². The first-order valence-corrected chi connectivity index (χ1v) is 7.23. The van der Waals surface area contributed by atoms with E-state index < -0.39 is 5.97 Å². The van der Waals surface area contributed by atoms with Gasteiger partial charge in [0, 0.05) is 39.1 Å². The standard InChI is InChI=1S/C16H25NO4/c1-14-4-6-15(7-5-14)17(9-8-16(18)19)10-13-21-12-3-11-20-2/h4-7H,3,8-13H2,1-2H3,(H,18,19). The van der Waals surface area contributed by atoms with Crippen molar-refractivity contribution >= 4 is 11.7 Å². The molecule has 0 saturated heterocycles. The number of carboxylic acid groups (broad SMARTS) is 1. The number of carbonyl (C=O) groups is 1. The maximum absolute atomic E-state index is 10.8. The third-order valence-corrected chi connectivity index (χ3v) is 3.14. The Kier molecular flexibility index (Phi) is 8.47. The Morgan fingerprint density at radius 3 is 2.48 bits per heavy atom. The van der Waals surface area contributed by atoms with Crippen LogP contribution in [0.25, 0.3) is 0 Å². The number of rotatable bonds is 11. The number of aliphatic carboxylic acids is 1. The molecule has 0 heterocycles. The number of hydrogen-bond acceptors (Lipinski definition) is 4. The van der Waals surface area contributed by atoms with Gasteiger partial charge in [0.2, 0.25) is 0 Å². The van der Waals surface area contributed by atoms with Gasteiger partial charge in [0.15, 0.2) is 0 Å². The van der Waals surface area contributed by atoms with Crippen LogP contribution in [0.15, 0.2) is 24.3 Å². The van der Waals surface area contributed by atoms with Crippen LogP contribution in [0.3, 0.4) is 0 Å². The van der Waals surface area contributed by atoms with Gasteiger partial charge in [0.25, 0.3) is 0 Å². The zero-order valence-electron chi connectivity index (χ0n) is 12.9. The number of carboxylic acids is 1. The Balaban J connectivity index is 2.44. The fourth-order valence-electron chi connectivity index (χ4n) is 1.94. The second-order valence-corrected chi connectivity index (χ2v) is 4.93. The van der Waals surface area contributed by atoms with Crippen LogP contribution in [0.5, 0.6) is 0 Å². The lowest BCUT2D eigenvalue weighted by Gasteiger charge is -2.24. The van der Waals surface area contributed by atoms with Crippen molar-refractivity contribution in [1.29, 1.82) is 0 Å². The molecular formula is C16H25NO4. The lowest BCUT2D eigenvalue weighted by molar-refractivity contribution is -0.136. The number of benzene rings is 1. The fourth-order valence-corrected chi connectivity index (χ4v) is 1.94. The Bertz CT molecular complexity index is 405. The Morgan fingerprint density at radius 1 is 1.14 bits per heavy atom. The average molecular weight is 295 g/mol. The largest absolute Gasteiger partial charge is 0.481 e. The van der Waals surface area contributed by atoms with Crippen molar-refractivity contribution in [3.63, 3.8) is 0 Å². The summed E-state index contributed by atoms with van der Waals surface area (Å²) in [5, 5.41) is 8.85. The zero-order chi connectivity index (χ0) is 15.5. The quantitative estimate of drug-likeness (QED) is 0.635. The van der Waals surface area contributed by atoms with E-state index in [2.05, 4.69) is 0 Å². The molecular weight excluding hydrogens is 270 g/mol. The number of ether oxygens (including phenoxy) is 2. The van der Waals surface area contributed by atoms with Crippen LogP contribution in [0.1, 0.15) is 18.4 Å². The van der Waals surface area contributed by atoms with Gasteiger partial charge in [0.1, 0.15) is 0 Å². The summed E-state index contributed by atoms with van der Waals surface area (Å²) in [5.74, 6) is -0.784. The first-order valence-electron chi connectivity index (χ1n) is 7.23. The molecule has 118 valence electrons. The summed E-state index contributed by atoms with van der Waals surface area (Å²) in [6, 6.07) is 8.09. The van der Waals surface area contributed by atoms with E-state index in [1.807, 2.05) is 36.1 Å². The van der Waals surface area contributed by atoms with Gasteiger partial charge in [-0.25, -0.2) is 0 Å². The summed E-state index contributed by atoms with van der Waals surface area (Å²) < 4.78 is 10.5. The van der Waals surface area contributed by atoms with Crippen LogP contribution in [0.4, 0.5) is 5.69 Å². The average Bonchev–Trinajstić information content (AvgIpc) is 2.46. The van der Waals surface area contributed by atoms with Crippen LogP contribution in [-0.4, -0.2) is 51.1 Å². The van der Waals surface area contributed by atoms with E-state index in [1.165, 1.54) is 5.56 Å². The highest BCUT2D eigenvalue weighted by Crippen LogP contribution is 2.15. The minimum absolute atomic E-state index is 0.123. The van der Waals surface area contributed by atoms with E-state index in [4.69, 9.17) is 14.6 Å². The molecule has 0 fully saturated rings. The molecule has 0 aliphatic heterocycles. The molecule has 0 aromatic heterocycles. The highest BCUT2D eigenvalue weighted by molar-refractivity contribution is 5.67. The second-order valence-electron chi connectivity index (χ2n) is 4.93. The molecule has 0 spiro atoms. The summed E-state index contributed by atoms with van der Waals surface area (Å²) in [7, 11) is 1.67. The van der Waals surface area contributed by atoms with Crippen LogP contribution < -0.4 is 4.90 Å². The number of anilines is 1. The molecule has 0 aliphatic carbocycles. The molecule has 0 atom stereocenters. The summed E-state index contributed by atoms with van der Waals surface area (Å²) in [6.07, 6.45) is 0.994. The topological polar surface area (TPSA) is 59.0 Å². The van der Waals surface area contributed by atoms with Crippen molar-refractivity contribution in [2.24, 2.45) is 0 Å². The van der Waals surface area contributed by atoms with Gasteiger partial charge < -0.3 is 19.5 Å².